The maximum Gasteiger partial charge on any atom is 0.264 e. The van der Waals surface area contributed by atoms with E-state index in [1.54, 1.807) is 0 Å². The average Bonchev–Trinajstić information content (AvgIpc) is 2.90. The van der Waals surface area contributed by atoms with E-state index in [4.69, 9.17) is 13.7 Å². The number of hydrogen-bond acceptors (Lipinski definition) is 5. The fourth-order valence-corrected chi connectivity index (χ4v) is 4.12. The number of hydrogen-bond donors (Lipinski definition) is 0. The third kappa shape index (κ3) is 2.12. The largest absolute Gasteiger partial charge is 0.347 e. The summed E-state index contributed by atoms with van der Waals surface area (Å²) in [4.78, 5) is 0. The lowest BCUT2D eigenvalue weighted by Gasteiger charge is -2.36. The van der Waals surface area contributed by atoms with E-state index >= 15 is 0 Å². The summed E-state index contributed by atoms with van der Waals surface area (Å²) in [6.07, 6.45) is 4.18. The predicted octanol–water partition coefficient (Wildman–Crippen LogP) is 0.752. The Morgan fingerprint density at radius 2 is 2.00 bits per heavy atom. The number of rotatable bonds is 3. The summed E-state index contributed by atoms with van der Waals surface area (Å²) < 4.78 is 38.5. The van der Waals surface area contributed by atoms with Crippen molar-refractivity contribution in [2.75, 3.05) is 26.1 Å². The van der Waals surface area contributed by atoms with E-state index < -0.39 is 15.9 Å². The Balaban J connectivity index is 1.68. The number of fused-ring (bicyclic) bond motifs is 3. The van der Waals surface area contributed by atoms with Gasteiger partial charge in [0.25, 0.3) is 10.1 Å². The minimum absolute atomic E-state index is 0.251. The van der Waals surface area contributed by atoms with Crippen molar-refractivity contribution in [2.24, 2.45) is 17.8 Å². The summed E-state index contributed by atoms with van der Waals surface area (Å²) in [6.45, 7) is 1.58. The molecule has 5 nitrogen and oxygen atoms in total. The van der Waals surface area contributed by atoms with Gasteiger partial charge in [-0.3, -0.25) is 4.18 Å². The van der Waals surface area contributed by atoms with Gasteiger partial charge in [-0.2, -0.15) is 8.42 Å². The summed E-state index contributed by atoms with van der Waals surface area (Å²) in [5.41, 5.74) is 0. The summed E-state index contributed by atoms with van der Waals surface area (Å²) in [7, 11) is -3.35. The van der Waals surface area contributed by atoms with Crippen LogP contribution in [-0.2, 0) is 23.8 Å². The fraction of sp³-hybridized carbons (Fsp3) is 1.00. The van der Waals surface area contributed by atoms with Crippen molar-refractivity contribution >= 4 is 10.1 Å². The van der Waals surface area contributed by atoms with Crippen LogP contribution in [-0.4, -0.2) is 40.3 Å². The van der Waals surface area contributed by atoms with E-state index in [9.17, 15) is 8.42 Å². The van der Waals surface area contributed by atoms with Gasteiger partial charge in [-0.15, -0.1) is 0 Å². The third-order valence-electron chi connectivity index (χ3n) is 4.20. The molecule has 3 aliphatic rings. The number of ether oxygens (including phenoxy) is 2. The van der Waals surface area contributed by atoms with Crippen LogP contribution in [0.3, 0.4) is 0 Å². The molecule has 2 saturated carbocycles. The molecule has 3 unspecified atom stereocenters. The lowest BCUT2D eigenvalue weighted by Crippen LogP contribution is -2.42. The Morgan fingerprint density at radius 3 is 2.59 bits per heavy atom. The van der Waals surface area contributed by atoms with Crippen molar-refractivity contribution in [1.29, 1.82) is 0 Å². The molecule has 1 saturated heterocycles. The van der Waals surface area contributed by atoms with Gasteiger partial charge in [0.05, 0.1) is 26.1 Å². The smallest absolute Gasteiger partial charge is 0.264 e. The molecule has 2 aliphatic carbocycles. The molecule has 3 atom stereocenters. The average molecular weight is 262 g/mol. The second-order valence-electron chi connectivity index (χ2n) is 5.41. The first-order chi connectivity index (χ1) is 7.99. The van der Waals surface area contributed by atoms with Gasteiger partial charge >= 0.3 is 0 Å². The molecule has 0 N–H and O–H groups in total. The molecule has 6 heteroatoms. The van der Waals surface area contributed by atoms with E-state index in [0.29, 0.717) is 25.0 Å². The Labute approximate surface area is 102 Å². The molecule has 3 fully saturated rings. The van der Waals surface area contributed by atoms with Crippen LogP contribution in [0.4, 0.5) is 0 Å². The minimum Gasteiger partial charge on any atom is -0.347 e. The van der Waals surface area contributed by atoms with Crippen molar-refractivity contribution in [3.8, 4) is 0 Å². The third-order valence-corrected chi connectivity index (χ3v) is 4.77. The zero-order chi connectivity index (χ0) is 12.1. The van der Waals surface area contributed by atoms with Crippen LogP contribution in [0, 0.1) is 17.8 Å². The minimum atomic E-state index is -3.35. The molecule has 3 rings (SSSR count). The zero-order valence-corrected chi connectivity index (χ0v) is 10.7. The van der Waals surface area contributed by atoms with E-state index in [0.717, 1.165) is 25.5 Å². The summed E-state index contributed by atoms with van der Waals surface area (Å²) in [5.74, 6) is 0.735. The highest BCUT2D eigenvalue weighted by molar-refractivity contribution is 7.85. The fourth-order valence-electron chi connectivity index (χ4n) is 3.70. The molecule has 2 bridgehead atoms. The molecule has 98 valence electrons. The Bertz CT molecular complexity index is 398. The summed E-state index contributed by atoms with van der Waals surface area (Å²) in [6, 6.07) is 0. The van der Waals surface area contributed by atoms with Gasteiger partial charge in [-0.05, 0) is 24.7 Å². The first-order valence-electron chi connectivity index (χ1n) is 6.11. The lowest BCUT2D eigenvalue weighted by molar-refractivity contribution is -0.203. The van der Waals surface area contributed by atoms with Crippen LogP contribution in [0.5, 0.6) is 0 Å². The van der Waals surface area contributed by atoms with Crippen molar-refractivity contribution < 1.29 is 22.1 Å². The predicted molar refractivity (Wildman–Crippen MR) is 59.8 cm³/mol. The molecule has 0 amide bonds. The monoisotopic (exact) mass is 262 g/mol. The SMILES string of the molecule is CS(=O)(=O)OCC1CC2CC1C1(C2)OCCO1. The zero-order valence-electron chi connectivity index (χ0n) is 9.92. The summed E-state index contributed by atoms with van der Waals surface area (Å²) >= 11 is 0. The van der Waals surface area contributed by atoms with Crippen LogP contribution in [0.15, 0.2) is 0 Å². The van der Waals surface area contributed by atoms with Crippen molar-refractivity contribution in [3.05, 3.63) is 0 Å². The Morgan fingerprint density at radius 1 is 1.29 bits per heavy atom. The molecule has 0 aromatic heterocycles. The molecular weight excluding hydrogens is 244 g/mol. The molecule has 1 spiro atoms. The van der Waals surface area contributed by atoms with Gasteiger partial charge in [-0.1, -0.05) is 0 Å². The highest BCUT2D eigenvalue weighted by Crippen LogP contribution is 2.57. The standard InChI is InChI=1S/C11H18O5S/c1-17(12,13)16-7-9-4-8-5-10(9)11(6-8)14-2-3-15-11/h8-10H,2-7H2,1H3. The topological polar surface area (TPSA) is 61.8 Å². The van der Waals surface area contributed by atoms with E-state index in [1.807, 2.05) is 0 Å². The van der Waals surface area contributed by atoms with Crippen molar-refractivity contribution in [1.82, 2.24) is 0 Å². The van der Waals surface area contributed by atoms with Crippen LogP contribution >= 0.6 is 0 Å². The molecule has 1 aliphatic heterocycles. The highest BCUT2D eigenvalue weighted by atomic mass is 32.2. The van der Waals surface area contributed by atoms with Gasteiger partial charge in [0.2, 0.25) is 0 Å². The molecule has 0 aromatic carbocycles. The Kier molecular flexibility index (Phi) is 2.74. The maximum absolute atomic E-state index is 11.0. The molecule has 17 heavy (non-hydrogen) atoms. The van der Waals surface area contributed by atoms with E-state index in [1.165, 1.54) is 0 Å². The van der Waals surface area contributed by atoms with Crippen LogP contribution in [0.1, 0.15) is 19.3 Å². The van der Waals surface area contributed by atoms with Gasteiger partial charge < -0.3 is 9.47 Å². The highest BCUT2D eigenvalue weighted by Gasteiger charge is 2.59. The van der Waals surface area contributed by atoms with Gasteiger partial charge in [0, 0.05) is 12.3 Å². The van der Waals surface area contributed by atoms with Crippen LogP contribution in [0.2, 0.25) is 0 Å². The molecule has 1 heterocycles. The lowest BCUT2D eigenvalue weighted by atomic mass is 9.84. The summed E-state index contributed by atoms with van der Waals surface area (Å²) in [5, 5.41) is 0. The van der Waals surface area contributed by atoms with Gasteiger partial charge in [-0.25, -0.2) is 0 Å². The van der Waals surface area contributed by atoms with E-state index in [-0.39, 0.29) is 12.5 Å². The van der Waals surface area contributed by atoms with Crippen LogP contribution in [0.25, 0.3) is 0 Å². The first-order valence-corrected chi connectivity index (χ1v) is 7.92. The molecular formula is C11H18O5S. The first kappa shape index (κ1) is 11.9. The molecule has 0 radical (unpaired) electrons. The normalized spacial score (nSPS) is 39.2. The quantitative estimate of drug-likeness (QED) is 0.702. The van der Waals surface area contributed by atoms with E-state index in [2.05, 4.69) is 0 Å². The second-order valence-corrected chi connectivity index (χ2v) is 7.05. The second kappa shape index (κ2) is 3.91. The van der Waals surface area contributed by atoms with Gasteiger partial charge in [0.1, 0.15) is 0 Å². The van der Waals surface area contributed by atoms with Crippen molar-refractivity contribution in [2.45, 2.75) is 25.0 Å². The maximum atomic E-state index is 11.0. The Hall–Kier alpha value is -0.170. The van der Waals surface area contributed by atoms with Crippen molar-refractivity contribution in [3.63, 3.8) is 0 Å². The van der Waals surface area contributed by atoms with Gasteiger partial charge in [0.15, 0.2) is 5.79 Å². The van der Waals surface area contributed by atoms with Crippen LogP contribution < -0.4 is 0 Å². The molecule has 0 aromatic rings.